The number of hydrogen-bond acceptors (Lipinski definition) is 6. The molecule has 28 heavy (non-hydrogen) atoms. The van der Waals surface area contributed by atoms with Crippen LogP contribution in [0, 0.1) is 0 Å². The SMILES string of the molecule is CCOc1cc(N2CCOCC2)c(OCC)cc1NC(=S)NCc1ccco1. The second-order valence-electron chi connectivity index (χ2n) is 6.17. The van der Waals surface area contributed by atoms with Gasteiger partial charge in [0.15, 0.2) is 5.11 Å². The molecule has 0 bridgehead atoms. The Morgan fingerprint density at radius 3 is 2.57 bits per heavy atom. The Labute approximate surface area is 170 Å². The second-order valence-corrected chi connectivity index (χ2v) is 6.58. The third-order valence-electron chi connectivity index (χ3n) is 4.26. The van der Waals surface area contributed by atoms with Crippen molar-refractivity contribution in [2.24, 2.45) is 0 Å². The average Bonchev–Trinajstić information content (AvgIpc) is 3.23. The quantitative estimate of drug-likeness (QED) is 0.648. The molecule has 1 fully saturated rings. The summed E-state index contributed by atoms with van der Waals surface area (Å²) in [4.78, 5) is 2.26. The molecule has 0 spiro atoms. The maximum Gasteiger partial charge on any atom is 0.171 e. The summed E-state index contributed by atoms with van der Waals surface area (Å²) in [6.45, 7) is 8.62. The van der Waals surface area contributed by atoms with E-state index in [1.807, 2.05) is 38.1 Å². The number of thiocarbonyl (C=S) groups is 1. The number of hydrogen-bond donors (Lipinski definition) is 2. The Morgan fingerprint density at radius 1 is 1.14 bits per heavy atom. The molecule has 0 amide bonds. The maximum absolute atomic E-state index is 5.91. The molecule has 1 aromatic carbocycles. The van der Waals surface area contributed by atoms with Crippen LogP contribution in [0.2, 0.25) is 0 Å². The van der Waals surface area contributed by atoms with E-state index >= 15 is 0 Å². The molecule has 2 aromatic rings. The highest BCUT2D eigenvalue weighted by Gasteiger charge is 2.20. The van der Waals surface area contributed by atoms with Crippen LogP contribution in [-0.4, -0.2) is 44.6 Å². The largest absolute Gasteiger partial charge is 0.492 e. The number of morpholine rings is 1. The first-order chi connectivity index (χ1) is 13.7. The van der Waals surface area contributed by atoms with Crippen LogP contribution in [0.15, 0.2) is 34.9 Å². The lowest BCUT2D eigenvalue weighted by Crippen LogP contribution is -2.36. The summed E-state index contributed by atoms with van der Waals surface area (Å²) in [5.74, 6) is 2.34. The van der Waals surface area contributed by atoms with Gasteiger partial charge in [-0.2, -0.15) is 0 Å². The van der Waals surface area contributed by atoms with Crippen LogP contribution in [0.1, 0.15) is 19.6 Å². The van der Waals surface area contributed by atoms with E-state index in [9.17, 15) is 0 Å². The predicted octanol–water partition coefficient (Wildman–Crippen LogP) is 3.40. The van der Waals surface area contributed by atoms with E-state index in [4.69, 9.17) is 30.8 Å². The van der Waals surface area contributed by atoms with Gasteiger partial charge < -0.3 is 34.2 Å². The van der Waals surface area contributed by atoms with Gasteiger partial charge in [0.2, 0.25) is 0 Å². The van der Waals surface area contributed by atoms with Gasteiger partial charge in [0.05, 0.1) is 50.6 Å². The molecule has 2 N–H and O–H groups in total. The molecule has 0 saturated carbocycles. The zero-order valence-corrected chi connectivity index (χ0v) is 17.1. The Balaban J connectivity index is 1.79. The Morgan fingerprint density at radius 2 is 1.89 bits per heavy atom. The molecule has 0 aliphatic carbocycles. The summed E-state index contributed by atoms with van der Waals surface area (Å²) in [6.07, 6.45) is 1.64. The predicted molar refractivity (Wildman–Crippen MR) is 114 cm³/mol. The van der Waals surface area contributed by atoms with Crippen LogP contribution < -0.4 is 25.0 Å². The van der Waals surface area contributed by atoms with Crippen molar-refractivity contribution in [3.63, 3.8) is 0 Å². The first kappa shape index (κ1) is 20.3. The molecular formula is C20H27N3O4S. The van der Waals surface area contributed by atoms with E-state index in [0.717, 1.165) is 41.7 Å². The zero-order chi connectivity index (χ0) is 19.8. The summed E-state index contributed by atoms with van der Waals surface area (Å²) < 4.78 is 22.6. The highest BCUT2D eigenvalue weighted by molar-refractivity contribution is 7.80. The van der Waals surface area contributed by atoms with Crippen molar-refractivity contribution >= 4 is 28.7 Å². The monoisotopic (exact) mass is 405 g/mol. The first-order valence-electron chi connectivity index (χ1n) is 9.54. The van der Waals surface area contributed by atoms with Crippen LogP contribution in [0.3, 0.4) is 0 Å². The van der Waals surface area contributed by atoms with Crippen LogP contribution in [0.4, 0.5) is 11.4 Å². The van der Waals surface area contributed by atoms with Crippen molar-refractivity contribution in [1.29, 1.82) is 0 Å². The summed E-state index contributed by atoms with van der Waals surface area (Å²) in [5.41, 5.74) is 1.77. The van der Waals surface area contributed by atoms with Crippen molar-refractivity contribution in [3.8, 4) is 11.5 Å². The third-order valence-corrected chi connectivity index (χ3v) is 4.51. The van der Waals surface area contributed by atoms with E-state index in [0.29, 0.717) is 38.1 Å². The fourth-order valence-electron chi connectivity index (χ4n) is 2.99. The fourth-order valence-corrected chi connectivity index (χ4v) is 3.17. The van der Waals surface area contributed by atoms with Gasteiger partial charge in [-0.1, -0.05) is 0 Å². The van der Waals surface area contributed by atoms with Crippen LogP contribution in [0.25, 0.3) is 0 Å². The van der Waals surface area contributed by atoms with Gasteiger partial charge in [-0.05, 0) is 38.2 Å². The normalized spacial score (nSPS) is 13.9. The molecule has 0 radical (unpaired) electrons. The molecule has 152 valence electrons. The highest BCUT2D eigenvalue weighted by atomic mass is 32.1. The van der Waals surface area contributed by atoms with Crippen LogP contribution in [0.5, 0.6) is 11.5 Å². The molecule has 2 heterocycles. The lowest BCUT2D eigenvalue weighted by Gasteiger charge is -2.31. The molecule has 1 aromatic heterocycles. The van der Waals surface area contributed by atoms with Crippen LogP contribution >= 0.6 is 12.2 Å². The molecule has 1 saturated heterocycles. The topological polar surface area (TPSA) is 68.1 Å². The Bertz CT molecular complexity index is 761. The standard InChI is InChI=1S/C20H27N3O4S/c1-3-25-18-13-17(23-7-10-24-11-8-23)19(26-4-2)12-16(18)22-20(28)21-14-15-6-5-9-27-15/h5-6,9,12-13H,3-4,7-8,10-11,14H2,1-2H3,(H2,21,22,28). The number of nitrogens with one attached hydrogen (secondary N) is 2. The number of anilines is 2. The third kappa shape index (κ3) is 5.30. The number of rotatable bonds is 8. The van der Waals surface area contributed by atoms with Crippen molar-refractivity contribution < 1.29 is 18.6 Å². The number of ether oxygens (including phenoxy) is 3. The minimum absolute atomic E-state index is 0.485. The number of nitrogens with zero attached hydrogens (tertiary/aromatic N) is 1. The molecule has 1 aliphatic heterocycles. The lowest BCUT2D eigenvalue weighted by molar-refractivity contribution is 0.122. The Kier molecular flexibility index (Phi) is 7.39. The van der Waals surface area contributed by atoms with Gasteiger partial charge >= 0.3 is 0 Å². The van der Waals surface area contributed by atoms with Gasteiger partial charge in [0.25, 0.3) is 0 Å². The highest BCUT2D eigenvalue weighted by Crippen LogP contribution is 2.39. The number of benzene rings is 1. The average molecular weight is 406 g/mol. The van der Waals surface area contributed by atoms with Crippen molar-refractivity contribution in [2.45, 2.75) is 20.4 Å². The van der Waals surface area contributed by atoms with Crippen molar-refractivity contribution in [3.05, 3.63) is 36.3 Å². The first-order valence-corrected chi connectivity index (χ1v) is 9.95. The zero-order valence-electron chi connectivity index (χ0n) is 16.3. The Hall–Kier alpha value is -2.45. The lowest BCUT2D eigenvalue weighted by atomic mass is 10.2. The van der Waals surface area contributed by atoms with Crippen molar-refractivity contribution in [1.82, 2.24) is 5.32 Å². The van der Waals surface area contributed by atoms with E-state index in [2.05, 4.69) is 15.5 Å². The van der Waals surface area contributed by atoms with Gasteiger partial charge in [0, 0.05) is 25.2 Å². The number of furan rings is 1. The van der Waals surface area contributed by atoms with Gasteiger partial charge in [-0.25, -0.2) is 0 Å². The van der Waals surface area contributed by atoms with Crippen LogP contribution in [-0.2, 0) is 11.3 Å². The van der Waals surface area contributed by atoms with E-state index < -0.39 is 0 Å². The minimum Gasteiger partial charge on any atom is -0.492 e. The minimum atomic E-state index is 0.485. The van der Waals surface area contributed by atoms with E-state index in [1.165, 1.54) is 0 Å². The fraction of sp³-hybridized carbons (Fsp3) is 0.450. The molecule has 1 aliphatic rings. The van der Waals surface area contributed by atoms with Gasteiger partial charge in [-0.3, -0.25) is 0 Å². The summed E-state index contributed by atoms with van der Waals surface area (Å²) in [7, 11) is 0. The molecule has 0 atom stereocenters. The molecular weight excluding hydrogens is 378 g/mol. The second kappa shape index (κ2) is 10.2. The van der Waals surface area contributed by atoms with Crippen molar-refractivity contribution in [2.75, 3.05) is 49.7 Å². The molecule has 8 heteroatoms. The van der Waals surface area contributed by atoms with E-state index in [-0.39, 0.29) is 0 Å². The smallest absolute Gasteiger partial charge is 0.171 e. The molecule has 0 unspecified atom stereocenters. The summed E-state index contributed by atoms with van der Waals surface area (Å²) in [6, 6.07) is 7.70. The summed E-state index contributed by atoms with van der Waals surface area (Å²) >= 11 is 5.43. The van der Waals surface area contributed by atoms with E-state index in [1.54, 1.807) is 6.26 Å². The molecule has 3 rings (SSSR count). The maximum atomic E-state index is 5.91. The van der Waals surface area contributed by atoms with Gasteiger partial charge in [0.1, 0.15) is 17.3 Å². The molecule has 7 nitrogen and oxygen atoms in total. The summed E-state index contributed by atoms with van der Waals surface area (Å²) in [5, 5.41) is 6.84. The van der Waals surface area contributed by atoms with Gasteiger partial charge in [-0.15, -0.1) is 0 Å².